The molecule has 0 atom stereocenters. The van der Waals surface area contributed by atoms with E-state index in [0.29, 0.717) is 16.4 Å². The maximum atomic E-state index is 12.0. The lowest BCUT2D eigenvalue weighted by Gasteiger charge is -2.08. The van der Waals surface area contributed by atoms with Gasteiger partial charge in [0, 0.05) is 5.02 Å². The van der Waals surface area contributed by atoms with E-state index in [0.717, 1.165) is 11.1 Å². The van der Waals surface area contributed by atoms with Gasteiger partial charge in [-0.25, -0.2) is 9.31 Å². The molecule has 0 radical (unpaired) electrons. The normalized spacial score (nSPS) is 10.8. The van der Waals surface area contributed by atoms with E-state index in [1.54, 1.807) is 19.1 Å². The number of aryl methyl sites for hydroxylation is 1. The summed E-state index contributed by atoms with van der Waals surface area (Å²) in [5, 5.41) is 13.1. The summed E-state index contributed by atoms with van der Waals surface area (Å²) < 4.78 is 10.9. The Bertz CT molecular complexity index is 998. The topological polar surface area (TPSA) is 95.7 Å². The molecule has 0 spiro atoms. The Labute approximate surface area is 153 Å². The van der Waals surface area contributed by atoms with Gasteiger partial charge in [-0.3, -0.25) is 4.79 Å². The predicted octanol–water partition coefficient (Wildman–Crippen LogP) is 2.26. The van der Waals surface area contributed by atoms with Gasteiger partial charge >= 0.3 is 11.9 Å². The summed E-state index contributed by atoms with van der Waals surface area (Å²) in [5.41, 5.74) is 2.81. The maximum absolute atomic E-state index is 12.0. The summed E-state index contributed by atoms with van der Waals surface area (Å²) >= 11 is 5.95. The summed E-state index contributed by atoms with van der Waals surface area (Å²) in [6.45, 7) is 1.80. The van der Waals surface area contributed by atoms with Crippen LogP contribution in [0.15, 0.2) is 24.3 Å². The van der Waals surface area contributed by atoms with Gasteiger partial charge < -0.3 is 9.47 Å². The van der Waals surface area contributed by atoms with E-state index in [1.807, 2.05) is 12.1 Å². The first-order valence-electron chi connectivity index (χ1n) is 7.62. The van der Waals surface area contributed by atoms with Gasteiger partial charge in [-0.15, -0.1) is 10.2 Å². The van der Waals surface area contributed by atoms with Crippen LogP contribution in [0.1, 0.15) is 21.9 Å². The van der Waals surface area contributed by atoms with Crippen LogP contribution in [-0.2, 0) is 20.7 Å². The van der Waals surface area contributed by atoms with Gasteiger partial charge in [0.1, 0.15) is 0 Å². The minimum atomic E-state index is -0.709. The van der Waals surface area contributed by atoms with Gasteiger partial charge in [-0.2, -0.15) is 5.10 Å². The number of hydrogen-bond acceptors (Lipinski definition) is 7. The molecule has 9 heteroatoms. The highest BCUT2D eigenvalue weighted by molar-refractivity contribution is 6.30. The summed E-state index contributed by atoms with van der Waals surface area (Å²) in [6, 6.07) is 7.18. The smallest absolute Gasteiger partial charge is 0.360 e. The summed E-state index contributed by atoms with van der Waals surface area (Å²) in [6.07, 6.45) is -0.200. The molecule has 8 nitrogen and oxygen atoms in total. The Morgan fingerprint density at radius 1 is 1.12 bits per heavy atom. The summed E-state index contributed by atoms with van der Waals surface area (Å²) in [5.74, 6) is -1.25. The van der Waals surface area contributed by atoms with Crippen LogP contribution in [0, 0.1) is 6.92 Å². The van der Waals surface area contributed by atoms with Crippen LogP contribution in [0.3, 0.4) is 0 Å². The van der Waals surface area contributed by atoms with Crippen LogP contribution in [0.2, 0.25) is 5.02 Å². The van der Waals surface area contributed by atoms with E-state index in [1.165, 1.54) is 18.7 Å². The van der Waals surface area contributed by atoms with Crippen LogP contribution in [-0.4, -0.2) is 46.0 Å². The second-order valence-corrected chi connectivity index (χ2v) is 5.88. The molecule has 2 aromatic heterocycles. The minimum absolute atomic E-state index is 0.0874. The molecule has 0 fully saturated rings. The number of carbonyl (C=O) groups is 2. The number of ether oxygens (including phenoxy) is 2. The van der Waals surface area contributed by atoms with Crippen molar-refractivity contribution in [1.29, 1.82) is 0 Å². The van der Waals surface area contributed by atoms with Crippen LogP contribution in [0.25, 0.3) is 16.8 Å². The average molecular weight is 375 g/mol. The first kappa shape index (κ1) is 17.8. The first-order chi connectivity index (χ1) is 12.5. The zero-order valence-corrected chi connectivity index (χ0v) is 15.1. The summed E-state index contributed by atoms with van der Waals surface area (Å²) in [7, 11) is 2.49. The molecule has 26 heavy (non-hydrogen) atoms. The number of rotatable bonds is 4. The van der Waals surface area contributed by atoms with Gasteiger partial charge in [0.15, 0.2) is 11.3 Å². The molecule has 0 aliphatic heterocycles. The van der Waals surface area contributed by atoms with Gasteiger partial charge in [0.2, 0.25) is 0 Å². The number of esters is 2. The Morgan fingerprint density at radius 3 is 2.42 bits per heavy atom. The lowest BCUT2D eigenvalue weighted by Crippen LogP contribution is -2.18. The molecular formula is C17H15ClN4O4. The fourth-order valence-electron chi connectivity index (χ4n) is 2.63. The predicted molar refractivity (Wildman–Crippen MR) is 93.0 cm³/mol. The number of fused-ring (bicyclic) bond motifs is 1. The largest absolute Gasteiger partial charge is 0.469 e. The number of benzene rings is 1. The molecule has 0 bridgehead atoms. The number of carbonyl (C=O) groups excluding carboxylic acids is 2. The van der Waals surface area contributed by atoms with E-state index in [4.69, 9.17) is 21.1 Å². The Balaban J connectivity index is 2.26. The van der Waals surface area contributed by atoms with Crippen molar-refractivity contribution in [3.8, 4) is 11.1 Å². The monoisotopic (exact) mass is 374 g/mol. The van der Waals surface area contributed by atoms with E-state index >= 15 is 0 Å². The van der Waals surface area contributed by atoms with Crippen molar-refractivity contribution in [3.63, 3.8) is 0 Å². The molecule has 0 aliphatic carbocycles. The van der Waals surface area contributed by atoms with Crippen LogP contribution >= 0.6 is 11.6 Å². The van der Waals surface area contributed by atoms with Gasteiger partial charge in [0.05, 0.1) is 37.6 Å². The minimum Gasteiger partial charge on any atom is -0.469 e. The van der Waals surface area contributed by atoms with Crippen molar-refractivity contribution < 1.29 is 19.1 Å². The van der Waals surface area contributed by atoms with Crippen LogP contribution in [0.4, 0.5) is 0 Å². The van der Waals surface area contributed by atoms with Crippen molar-refractivity contribution in [3.05, 3.63) is 46.4 Å². The van der Waals surface area contributed by atoms with Crippen molar-refractivity contribution in [2.24, 2.45) is 0 Å². The molecule has 0 N–H and O–H groups in total. The SMILES string of the molecule is COC(=O)Cc1c(C(=O)OC)nnc2c(-c3ccc(Cl)cc3)c(C)nn12. The third-order valence-corrected chi connectivity index (χ3v) is 4.11. The van der Waals surface area contributed by atoms with Crippen molar-refractivity contribution in [2.75, 3.05) is 14.2 Å². The lowest BCUT2D eigenvalue weighted by atomic mass is 10.1. The van der Waals surface area contributed by atoms with Gasteiger partial charge in [0.25, 0.3) is 0 Å². The van der Waals surface area contributed by atoms with E-state index < -0.39 is 11.9 Å². The molecule has 3 rings (SSSR count). The highest BCUT2D eigenvalue weighted by Crippen LogP contribution is 2.29. The van der Waals surface area contributed by atoms with Crippen LogP contribution in [0.5, 0.6) is 0 Å². The highest BCUT2D eigenvalue weighted by atomic mass is 35.5. The quantitative estimate of drug-likeness (QED) is 0.646. The van der Waals surface area contributed by atoms with E-state index in [-0.39, 0.29) is 17.8 Å². The second-order valence-electron chi connectivity index (χ2n) is 5.44. The second kappa shape index (κ2) is 7.09. The number of halogens is 1. The van der Waals surface area contributed by atoms with Crippen LogP contribution < -0.4 is 0 Å². The molecule has 0 saturated heterocycles. The highest BCUT2D eigenvalue weighted by Gasteiger charge is 2.24. The summed E-state index contributed by atoms with van der Waals surface area (Å²) in [4.78, 5) is 23.8. The van der Waals surface area contributed by atoms with Crippen molar-refractivity contribution in [2.45, 2.75) is 13.3 Å². The Hall–Kier alpha value is -3.00. The standard InChI is InChI=1S/C17H15ClN4O4/c1-9-14(10-4-6-11(18)7-5-10)16-20-19-15(17(24)26-3)12(22(16)21-9)8-13(23)25-2/h4-7H,8H2,1-3H3. The molecule has 0 saturated carbocycles. The van der Waals surface area contributed by atoms with Gasteiger partial charge in [-0.05, 0) is 24.6 Å². The Morgan fingerprint density at radius 2 is 1.81 bits per heavy atom. The van der Waals surface area contributed by atoms with Crippen molar-refractivity contribution in [1.82, 2.24) is 19.8 Å². The number of hydrogen-bond donors (Lipinski definition) is 0. The molecule has 0 amide bonds. The molecule has 3 aromatic rings. The zero-order valence-electron chi connectivity index (χ0n) is 14.3. The number of aromatic nitrogens is 4. The third-order valence-electron chi connectivity index (χ3n) is 3.86. The third kappa shape index (κ3) is 3.11. The van der Waals surface area contributed by atoms with E-state index in [2.05, 4.69) is 15.3 Å². The molecule has 2 heterocycles. The average Bonchev–Trinajstić information content (AvgIpc) is 2.98. The lowest BCUT2D eigenvalue weighted by molar-refractivity contribution is -0.139. The fourth-order valence-corrected chi connectivity index (χ4v) is 2.75. The molecule has 1 aromatic carbocycles. The van der Waals surface area contributed by atoms with Gasteiger partial charge in [-0.1, -0.05) is 23.7 Å². The first-order valence-corrected chi connectivity index (χ1v) is 8.00. The number of nitrogens with zero attached hydrogens (tertiary/aromatic N) is 4. The zero-order chi connectivity index (χ0) is 18.8. The molecular weight excluding hydrogens is 360 g/mol. The fraction of sp³-hybridized carbons (Fsp3) is 0.235. The molecule has 134 valence electrons. The molecule has 0 aliphatic rings. The maximum Gasteiger partial charge on any atom is 0.360 e. The molecule has 0 unspecified atom stereocenters. The number of methoxy groups -OCH3 is 2. The van der Waals surface area contributed by atoms with E-state index in [9.17, 15) is 9.59 Å². The Kier molecular flexibility index (Phi) is 4.85. The van der Waals surface area contributed by atoms with Crippen molar-refractivity contribution >= 4 is 29.2 Å².